The van der Waals surface area contributed by atoms with Gasteiger partial charge in [0.1, 0.15) is 5.52 Å². The number of hydrogen-bond acceptors (Lipinski definition) is 8. The lowest BCUT2D eigenvalue weighted by Gasteiger charge is -2.33. The lowest BCUT2D eigenvalue weighted by Crippen LogP contribution is -2.36. The third-order valence-electron chi connectivity index (χ3n) is 8.71. The number of aliphatic hydroxyl groups excluding tert-OH is 1. The Hall–Kier alpha value is -3.57. The second-order valence-electron chi connectivity index (χ2n) is 11.6. The second kappa shape index (κ2) is 11.5. The van der Waals surface area contributed by atoms with E-state index in [2.05, 4.69) is 29.1 Å². The van der Waals surface area contributed by atoms with Crippen molar-refractivity contribution in [3.8, 4) is 0 Å². The highest BCUT2D eigenvalue weighted by Gasteiger charge is 2.39. The fourth-order valence-electron chi connectivity index (χ4n) is 5.95. The van der Waals surface area contributed by atoms with E-state index in [1.807, 2.05) is 16.0 Å². The standard InChI is InChI=1S/C29H39N7O4/c1-17-11-13-19(14-12-17)15-36-22-24(31-18(2)20-7-6-8-20)33-26(23(30)32-28(38)39)34-25(22)35-27(36)29(40,16-37)21-9-4-3-5-10-21/h3-5,9-10,17-20,37,40H,6-8,11-16H2,1-2H3,(H2,30,32)(H,38,39)(H,31,33,34)/t17-,18-,19-,29?/m1/s1. The van der Waals surface area contributed by atoms with Crippen LogP contribution in [0.1, 0.15) is 76.0 Å². The number of nitrogens with one attached hydrogen (secondary N) is 3. The van der Waals surface area contributed by atoms with Crippen LogP contribution >= 0.6 is 0 Å². The van der Waals surface area contributed by atoms with Gasteiger partial charge in [0.15, 0.2) is 34.6 Å². The SMILES string of the molecule is C[C@@H](Nc1nc(C(=N)NC(=O)O)nc2nc(C(O)(CO)c3ccccc3)n(C[C@H]3CC[C@H](C)CC3)c12)C1CCC1. The zero-order valence-corrected chi connectivity index (χ0v) is 23.1. The Kier molecular flexibility index (Phi) is 8.04. The van der Waals surface area contributed by atoms with Crippen molar-refractivity contribution >= 4 is 28.9 Å². The number of benzene rings is 1. The summed E-state index contributed by atoms with van der Waals surface area (Å²) in [6, 6.07) is 9.03. The molecule has 1 unspecified atom stereocenters. The number of carbonyl (C=O) groups is 1. The van der Waals surface area contributed by atoms with Gasteiger partial charge in [-0.3, -0.25) is 10.7 Å². The fraction of sp³-hybridized carbons (Fsp3) is 0.552. The number of rotatable bonds is 9. The Morgan fingerprint density at radius 2 is 1.82 bits per heavy atom. The second-order valence-corrected chi connectivity index (χ2v) is 11.6. The normalized spacial score (nSPS) is 21.8. The number of aromatic nitrogens is 4. The number of imidazole rings is 1. The first-order valence-electron chi connectivity index (χ1n) is 14.2. The molecule has 11 heteroatoms. The molecular formula is C29H39N7O4. The molecule has 1 amide bonds. The van der Waals surface area contributed by atoms with Gasteiger partial charge in [-0.05, 0) is 55.9 Å². The van der Waals surface area contributed by atoms with E-state index in [1.165, 1.54) is 6.42 Å². The molecule has 3 aromatic rings. The smallest absolute Gasteiger partial charge is 0.410 e. The first-order chi connectivity index (χ1) is 19.2. The summed E-state index contributed by atoms with van der Waals surface area (Å²) in [5.74, 6) is 1.59. The molecule has 2 aromatic heterocycles. The van der Waals surface area contributed by atoms with Crippen LogP contribution in [0.3, 0.4) is 0 Å². The third-order valence-corrected chi connectivity index (χ3v) is 8.71. The average Bonchev–Trinajstić information content (AvgIpc) is 3.27. The van der Waals surface area contributed by atoms with Crippen LogP contribution in [-0.2, 0) is 12.1 Å². The van der Waals surface area contributed by atoms with Crippen LogP contribution in [0.4, 0.5) is 10.6 Å². The van der Waals surface area contributed by atoms with Gasteiger partial charge in [0.2, 0.25) is 0 Å². The predicted octanol–water partition coefficient (Wildman–Crippen LogP) is 4.07. The molecule has 2 atom stereocenters. The van der Waals surface area contributed by atoms with Crippen LogP contribution in [0.5, 0.6) is 0 Å². The molecule has 214 valence electrons. The van der Waals surface area contributed by atoms with Crippen molar-refractivity contribution in [2.45, 2.75) is 77.0 Å². The van der Waals surface area contributed by atoms with Gasteiger partial charge in [-0.2, -0.15) is 0 Å². The Balaban J connectivity index is 1.69. The number of amidine groups is 1. The number of amides is 1. The Morgan fingerprint density at radius 3 is 2.42 bits per heavy atom. The summed E-state index contributed by atoms with van der Waals surface area (Å²) in [6.07, 6.45) is 6.33. The fourth-order valence-corrected chi connectivity index (χ4v) is 5.95. The lowest BCUT2D eigenvalue weighted by molar-refractivity contribution is 0.00664. The van der Waals surface area contributed by atoms with Gasteiger partial charge in [-0.25, -0.2) is 19.7 Å². The molecule has 0 bridgehead atoms. The molecule has 2 saturated carbocycles. The number of nitrogens with zero attached hydrogens (tertiary/aromatic N) is 4. The van der Waals surface area contributed by atoms with E-state index in [4.69, 9.17) is 10.4 Å². The van der Waals surface area contributed by atoms with Crippen molar-refractivity contribution < 1.29 is 20.1 Å². The molecule has 11 nitrogen and oxygen atoms in total. The summed E-state index contributed by atoms with van der Waals surface area (Å²) in [4.78, 5) is 25.1. The molecule has 2 heterocycles. The number of aliphatic hydroxyl groups is 2. The minimum atomic E-state index is -1.81. The zero-order valence-electron chi connectivity index (χ0n) is 23.1. The highest BCUT2D eigenvalue weighted by atomic mass is 16.4. The van der Waals surface area contributed by atoms with Crippen LogP contribution < -0.4 is 10.6 Å². The van der Waals surface area contributed by atoms with Gasteiger partial charge in [0, 0.05) is 12.6 Å². The maximum absolute atomic E-state index is 12.0. The molecule has 6 N–H and O–H groups in total. The number of fused-ring (bicyclic) bond motifs is 1. The Labute approximate surface area is 233 Å². The third kappa shape index (κ3) is 5.53. The van der Waals surface area contributed by atoms with Crippen molar-refractivity contribution in [2.24, 2.45) is 17.8 Å². The summed E-state index contributed by atoms with van der Waals surface area (Å²) < 4.78 is 1.94. The van der Waals surface area contributed by atoms with E-state index >= 15 is 0 Å². The van der Waals surface area contributed by atoms with Crippen molar-refractivity contribution in [3.63, 3.8) is 0 Å². The molecular weight excluding hydrogens is 510 g/mol. The molecule has 2 aliphatic carbocycles. The highest BCUT2D eigenvalue weighted by Crippen LogP contribution is 2.37. The number of carboxylic acid groups (broad SMARTS) is 1. The minimum Gasteiger partial charge on any atom is -0.465 e. The topological polar surface area (TPSA) is 169 Å². The average molecular weight is 550 g/mol. The van der Waals surface area contributed by atoms with Crippen molar-refractivity contribution in [1.29, 1.82) is 5.41 Å². The van der Waals surface area contributed by atoms with Crippen molar-refractivity contribution in [3.05, 3.63) is 47.5 Å². The van der Waals surface area contributed by atoms with Gasteiger partial charge in [0.25, 0.3) is 0 Å². The summed E-state index contributed by atoms with van der Waals surface area (Å²) in [5.41, 5.74) is -0.507. The van der Waals surface area contributed by atoms with Crippen molar-refractivity contribution in [1.82, 2.24) is 24.8 Å². The van der Waals surface area contributed by atoms with Gasteiger partial charge in [0.05, 0.1) is 6.61 Å². The van der Waals surface area contributed by atoms with E-state index in [0.29, 0.717) is 41.2 Å². The van der Waals surface area contributed by atoms with Gasteiger partial charge < -0.3 is 25.2 Å². The predicted molar refractivity (Wildman–Crippen MR) is 151 cm³/mol. The van der Waals surface area contributed by atoms with Crippen LogP contribution in [0.15, 0.2) is 30.3 Å². The van der Waals surface area contributed by atoms with E-state index in [1.54, 1.807) is 24.3 Å². The quantitative estimate of drug-likeness (QED) is 0.171. The first-order valence-corrected chi connectivity index (χ1v) is 14.2. The molecule has 0 aliphatic heterocycles. The van der Waals surface area contributed by atoms with Gasteiger partial charge >= 0.3 is 6.09 Å². The maximum atomic E-state index is 12.0. The molecule has 0 spiro atoms. The van der Waals surface area contributed by atoms with Gasteiger partial charge in [-0.15, -0.1) is 0 Å². The van der Waals surface area contributed by atoms with E-state index in [0.717, 1.165) is 38.5 Å². The first kappa shape index (κ1) is 28.0. The molecule has 1 aromatic carbocycles. The molecule has 0 radical (unpaired) electrons. The van der Waals surface area contributed by atoms with Crippen LogP contribution in [0.25, 0.3) is 11.2 Å². The summed E-state index contributed by atoms with van der Waals surface area (Å²) in [5, 5.41) is 45.6. The van der Waals surface area contributed by atoms with Crippen molar-refractivity contribution in [2.75, 3.05) is 11.9 Å². The highest BCUT2D eigenvalue weighted by molar-refractivity contribution is 6.03. The summed E-state index contributed by atoms with van der Waals surface area (Å²) >= 11 is 0. The van der Waals surface area contributed by atoms with Crippen LogP contribution in [-0.4, -0.2) is 59.4 Å². The largest absolute Gasteiger partial charge is 0.465 e. The summed E-state index contributed by atoms with van der Waals surface area (Å²) in [6.45, 7) is 4.33. The van der Waals surface area contributed by atoms with Crippen LogP contribution in [0, 0.1) is 23.2 Å². The number of hydrogen-bond donors (Lipinski definition) is 6. The van der Waals surface area contributed by atoms with Crippen LogP contribution in [0.2, 0.25) is 0 Å². The van der Waals surface area contributed by atoms with E-state index in [-0.39, 0.29) is 23.3 Å². The van der Waals surface area contributed by atoms with E-state index in [9.17, 15) is 20.1 Å². The molecule has 5 rings (SSSR count). The lowest BCUT2D eigenvalue weighted by atomic mass is 9.80. The maximum Gasteiger partial charge on any atom is 0.410 e. The molecule has 2 fully saturated rings. The molecule has 0 saturated heterocycles. The van der Waals surface area contributed by atoms with Gasteiger partial charge in [-0.1, -0.05) is 56.5 Å². The number of anilines is 1. The zero-order chi connectivity index (χ0) is 28.4. The molecule has 40 heavy (non-hydrogen) atoms. The monoisotopic (exact) mass is 549 g/mol. The van der Waals surface area contributed by atoms with E-state index < -0.39 is 24.1 Å². The minimum absolute atomic E-state index is 0.0782. The molecule has 2 aliphatic rings. The Morgan fingerprint density at radius 1 is 1.12 bits per heavy atom. The Bertz CT molecular complexity index is 1370. The summed E-state index contributed by atoms with van der Waals surface area (Å²) in [7, 11) is 0.